The van der Waals surface area contributed by atoms with Crippen LogP contribution in [0.3, 0.4) is 0 Å². The maximum absolute atomic E-state index is 12.7. The number of urea groups is 1. The standard InChI is InChI=1S/C24H35N5O3/c1-4-32-14-6-11-25-23(30)21-9-12-28(13-10-21)24(31)26-22-8-5-7-20(16-22)17-29-19(3)15-18(2)27-29/h5,7-8,15-16,21H,4,6,9-14,17H2,1-3H3,(H,25,30)(H,26,31). The largest absolute Gasteiger partial charge is 0.382 e. The van der Waals surface area contributed by atoms with E-state index in [0.29, 0.717) is 52.2 Å². The van der Waals surface area contributed by atoms with Crippen molar-refractivity contribution in [1.29, 1.82) is 0 Å². The highest BCUT2D eigenvalue weighted by Crippen LogP contribution is 2.19. The normalized spacial score (nSPS) is 14.4. The van der Waals surface area contributed by atoms with Gasteiger partial charge in [0, 0.05) is 50.1 Å². The average Bonchev–Trinajstić information content (AvgIpc) is 3.10. The van der Waals surface area contributed by atoms with Crippen molar-refractivity contribution in [3.05, 3.63) is 47.3 Å². The van der Waals surface area contributed by atoms with Crippen LogP contribution in [0.5, 0.6) is 0 Å². The molecule has 0 aliphatic carbocycles. The van der Waals surface area contributed by atoms with Crippen molar-refractivity contribution < 1.29 is 14.3 Å². The van der Waals surface area contributed by atoms with Crippen molar-refractivity contribution in [2.45, 2.75) is 46.6 Å². The third-order valence-electron chi connectivity index (χ3n) is 5.74. The van der Waals surface area contributed by atoms with Gasteiger partial charge < -0.3 is 20.3 Å². The predicted molar refractivity (Wildman–Crippen MR) is 125 cm³/mol. The van der Waals surface area contributed by atoms with Crippen molar-refractivity contribution in [3.8, 4) is 0 Å². The summed E-state index contributed by atoms with van der Waals surface area (Å²) in [6.07, 6.45) is 2.19. The molecule has 1 aliphatic rings. The number of likely N-dealkylation sites (tertiary alicyclic amines) is 1. The molecule has 0 radical (unpaired) electrons. The lowest BCUT2D eigenvalue weighted by Gasteiger charge is -2.31. The summed E-state index contributed by atoms with van der Waals surface area (Å²) in [4.78, 5) is 26.8. The fraction of sp³-hybridized carbons (Fsp3) is 0.542. The van der Waals surface area contributed by atoms with Crippen LogP contribution in [0.4, 0.5) is 10.5 Å². The highest BCUT2D eigenvalue weighted by atomic mass is 16.5. The van der Waals surface area contributed by atoms with Gasteiger partial charge in [-0.1, -0.05) is 12.1 Å². The van der Waals surface area contributed by atoms with Gasteiger partial charge in [0.05, 0.1) is 12.2 Å². The maximum Gasteiger partial charge on any atom is 0.321 e. The van der Waals surface area contributed by atoms with Crippen LogP contribution in [-0.4, -0.2) is 59.5 Å². The summed E-state index contributed by atoms with van der Waals surface area (Å²) in [5, 5.41) is 10.5. The molecule has 8 heteroatoms. The summed E-state index contributed by atoms with van der Waals surface area (Å²) in [6.45, 7) is 9.79. The quantitative estimate of drug-likeness (QED) is 0.584. The topological polar surface area (TPSA) is 88.5 Å². The molecule has 174 valence electrons. The number of aromatic nitrogens is 2. The molecule has 2 N–H and O–H groups in total. The molecule has 0 spiro atoms. The number of aryl methyl sites for hydroxylation is 2. The molecule has 2 heterocycles. The van der Waals surface area contributed by atoms with Crippen LogP contribution in [-0.2, 0) is 16.1 Å². The molecule has 32 heavy (non-hydrogen) atoms. The van der Waals surface area contributed by atoms with Crippen LogP contribution < -0.4 is 10.6 Å². The number of carbonyl (C=O) groups excluding carboxylic acids is 2. The van der Waals surface area contributed by atoms with Crippen molar-refractivity contribution in [2.75, 3.05) is 38.2 Å². The first kappa shape index (κ1) is 23.8. The number of ether oxygens (including phenoxy) is 1. The van der Waals surface area contributed by atoms with E-state index in [9.17, 15) is 9.59 Å². The molecule has 1 aromatic heterocycles. The molecule has 1 aromatic carbocycles. The molecule has 1 aliphatic heterocycles. The molecule has 1 fully saturated rings. The highest BCUT2D eigenvalue weighted by molar-refractivity contribution is 5.89. The van der Waals surface area contributed by atoms with E-state index < -0.39 is 0 Å². The Morgan fingerprint density at radius 1 is 1.19 bits per heavy atom. The van der Waals surface area contributed by atoms with Crippen LogP contribution in [0.2, 0.25) is 0 Å². The molecule has 8 nitrogen and oxygen atoms in total. The van der Waals surface area contributed by atoms with Gasteiger partial charge in [0.2, 0.25) is 5.91 Å². The van der Waals surface area contributed by atoms with Crippen molar-refractivity contribution in [1.82, 2.24) is 20.0 Å². The summed E-state index contributed by atoms with van der Waals surface area (Å²) < 4.78 is 7.25. The molecule has 0 saturated carbocycles. The number of benzene rings is 1. The SMILES string of the molecule is CCOCCCNC(=O)C1CCN(C(=O)Nc2cccc(Cn3nc(C)cc3C)c2)CC1. The third kappa shape index (κ3) is 6.82. The number of amides is 3. The molecule has 0 unspecified atom stereocenters. The number of hydrogen-bond donors (Lipinski definition) is 2. The summed E-state index contributed by atoms with van der Waals surface area (Å²) in [7, 11) is 0. The Morgan fingerprint density at radius 2 is 1.97 bits per heavy atom. The van der Waals surface area contributed by atoms with Crippen LogP contribution in [0, 0.1) is 19.8 Å². The zero-order valence-corrected chi connectivity index (χ0v) is 19.4. The van der Waals surface area contributed by atoms with Gasteiger partial charge in [0.25, 0.3) is 0 Å². The van der Waals surface area contributed by atoms with E-state index in [2.05, 4.69) is 21.8 Å². The van der Waals surface area contributed by atoms with Crippen molar-refractivity contribution in [2.24, 2.45) is 5.92 Å². The van der Waals surface area contributed by atoms with Gasteiger partial charge in [-0.05, 0) is 63.8 Å². The van der Waals surface area contributed by atoms with Crippen LogP contribution in [0.1, 0.15) is 43.1 Å². The molecule has 1 saturated heterocycles. The second-order valence-corrected chi connectivity index (χ2v) is 8.32. The lowest BCUT2D eigenvalue weighted by molar-refractivity contribution is -0.126. The van der Waals surface area contributed by atoms with E-state index in [0.717, 1.165) is 29.1 Å². The van der Waals surface area contributed by atoms with Gasteiger partial charge in [-0.15, -0.1) is 0 Å². The highest BCUT2D eigenvalue weighted by Gasteiger charge is 2.27. The number of carbonyl (C=O) groups is 2. The number of hydrogen-bond acceptors (Lipinski definition) is 4. The smallest absolute Gasteiger partial charge is 0.321 e. The monoisotopic (exact) mass is 441 g/mol. The molecule has 2 aromatic rings. The van der Waals surface area contributed by atoms with Crippen LogP contribution in [0.25, 0.3) is 0 Å². The first-order valence-electron chi connectivity index (χ1n) is 11.5. The van der Waals surface area contributed by atoms with Gasteiger partial charge in [0.1, 0.15) is 0 Å². The first-order valence-corrected chi connectivity index (χ1v) is 11.5. The van der Waals surface area contributed by atoms with E-state index in [4.69, 9.17) is 4.74 Å². The van der Waals surface area contributed by atoms with E-state index in [-0.39, 0.29) is 17.9 Å². The minimum Gasteiger partial charge on any atom is -0.382 e. The number of nitrogens with one attached hydrogen (secondary N) is 2. The maximum atomic E-state index is 12.7. The van der Waals surface area contributed by atoms with Crippen molar-refractivity contribution in [3.63, 3.8) is 0 Å². The summed E-state index contributed by atoms with van der Waals surface area (Å²) in [5.74, 6) is 0.0497. The Balaban J connectivity index is 1.45. The van der Waals surface area contributed by atoms with Gasteiger partial charge in [-0.25, -0.2) is 4.79 Å². The Labute approximate surface area is 190 Å². The van der Waals surface area contributed by atoms with Gasteiger partial charge in [-0.3, -0.25) is 9.48 Å². The summed E-state index contributed by atoms with van der Waals surface area (Å²) in [6, 6.07) is 9.78. The van der Waals surface area contributed by atoms with Crippen LogP contribution in [0.15, 0.2) is 30.3 Å². The summed E-state index contributed by atoms with van der Waals surface area (Å²) in [5.41, 5.74) is 3.95. The molecular weight excluding hydrogens is 406 g/mol. The minimum absolute atomic E-state index is 0.0322. The number of rotatable bonds is 9. The molecule has 0 bridgehead atoms. The molecule has 3 amide bonds. The number of anilines is 1. The van der Waals surface area contributed by atoms with Gasteiger partial charge in [-0.2, -0.15) is 5.10 Å². The molecule has 3 rings (SSSR count). The zero-order chi connectivity index (χ0) is 22.9. The lowest BCUT2D eigenvalue weighted by Crippen LogP contribution is -2.44. The number of piperidine rings is 1. The number of nitrogens with zero attached hydrogens (tertiary/aromatic N) is 3. The van der Waals surface area contributed by atoms with E-state index >= 15 is 0 Å². The Bertz CT molecular complexity index is 903. The Kier molecular flexibility index (Phi) is 8.67. The Morgan fingerprint density at radius 3 is 2.66 bits per heavy atom. The van der Waals surface area contributed by atoms with Gasteiger partial charge >= 0.3 is 6.03 Å². The molecule has 0 atom stereocenters. The third-order valence-corrected chi connectivity index (χ3v) is 5.74. The van der Waals surface area contributed by atoms with Gasteiger partial charge in [0.15, 0.2) is 0 Å². The second kappa shape index (κ2) is 11.7. The average molecular weight is 442 g/mol. The minimum atomic E-state index is -0.121. The first-order chi connectivity index (χ1) is 15.5. The molecular formula is C24H35N5O3. The summed E-state index contributed by atoms with van der Waals surface area (Å²) >= 11 is 0. The Hall–Kier alpha value is -2.87. The lowest BCUT2D eigenvalue weighted by atomic mass is 9.96. The van der Waals surface area contributed by atoms with E-state index in [1.54, 1.807) is 4.90 Å². The second-order valence-electron chi connectivity index (χ2n) is 8.32. The fourth-order valence-corrected chi connectivity index (χ4v) is 3.98. The predicted octanol–water partition coefficient (Wildman–Crippen LogP) is 3.33. The van der Waals surface area contributed by atoms with Crippen molar-refractivity contribution >= 4 is 17.6 Å². The van der Waals surface area contributed by atoms with E-state index in [1.165, 1.54) is 0 Å². The van der Waals surface area contributed by atoms with E-state index in [1.807, 2.05) is 49.7 Å². The zero-order valence-electron chi connectivity index (χ0n) is 19.4. The van der Waals surface area contributed by atoms with Crippen LogP contribution >= 0.6 is 0 Å². The fourth-order valence-electron chi connectivity index (χ4n) is 3.98.